The van der Waals surface area contributed by atoms with E-state index in [1.54, 1.807) is 26.1 Å². The first-order valence-electron chi connectivity index (χ1n) is 8.53. The Morgan fingerprint density at radius 2 is 2.04 bits per heavy atom. The number of carbonyl (C=O) groups is 1. The molecule has 0 aromatic heterocycles. The second-order valence-corrected chi connectivity index (χ2v) is 6.52. The summed E-state index contributed by atoms with van der Waals surface area (Å²) in [7, 11) is 5.21. The lowest BCUT2D eigenvalue weighted by molar-refractivity contribution is -0.127. The lowest BCUT2D eigenvalue weighted by atomic mass is 10.1. The lowest BCUT2D eigenvalue weighted by Gasteiger charge is -2.33. The number of piperidine rings is 1. The second-order valence-electron chi connectivity index (χ2n) is 6.52. The van der Waals surface area contributed by atoms with Crippen LogP contribution in [0.3, 0.4) is 0 Å². The van der Waals surface area contributed by atoms with E-state index in [0.717, 1.165) is 44.7 Å². The van der Waals surface area contributed by atoms with Gasteiger partial charge in [-0.2, -0.15) is 0 Å². The van der Waals surface area contributed by atoms with E-state index >= 15 is 0 Å². The van der Waals surface area contributed by atoms with Gasteiger partial charge in [-0.3, -0.25) is 4.79 Å². The van der Waals surface area contributed by atoms with Gasteiger partial charge in [0.1, 0.15) is 6.54 Å². The van der Waals surface area contributed by atoms with Crippen molar-refractivity contribution in [2.24, 2.45) is 4.99 Å². The predicted octanol–water partition coefficient (Wildman–Crippen LogP) is 0.297. The van der Waals surface area contributed by atoms with Gasteiger partial charge >= 0.3 is 0 Å². The number of carbonyl (C=O) groups excluding carboxylic acids is 1. The number of rotatable bonds is 8. The van der Waals surface area contributed by atoms with Crippen molar-refractivity contribution in [3.63, 3.8) is 0 Å². The van der Waals surface area contributed by atoms with Gasteiger partial charge in [0.05, 0.1) is 6.61 Å². The highest BCUT2D eigenvalue weighted by molar-refractivity contribution is 5.85. The minimum absolute atomic E-state index is 0.0131. The molecule has 0 aliphatic carbocycles. The molecule has 1 heterocycles. The summed E-state index contributed by atoms with van der Waals surface area (Å²) in [5.41, 5.74) is 1.03. The molecule has 1 saturated heterocycles. The topological polar surface area (TPSA) is 69.2 Å². The molecule has 24 heavy (non-hydrogen) atoms. The zero-order valence-corrected chi connectivity index (χ0v) is 15.6. The van der Waals surface area contributed by atoms with E-state index in [1.165, 1.54) is 0 Å². The zero-order chi connectivity index (χ0) is 17.9. The number of guanidine groups is 1. The number of ether oxygens (including phenoxy) is 1. The van der Waals surface area contributed by atoms with Gasteiger partial charge in [-0.15, -0.1) is 0 Å². The van der Waals surface area contributed by atoms with Crippen LogP contribution in [0.1, 0.15) is 19.8 Å². The van der Waals surface area contributed by atoms with Crippen LogP contribution in [-0.4, -0.2) is 88.2 Å². The quantitative estimate of drug-likeness (QED) is 0.378. The van der Waals surface area contributed by atoms with Gasteiger partial charge < -0.3 is 25.2 Å². The molecule has 0 aromatic rings. The minimum atomic E-state index is -0.0131. The van der Waals surface area contributed by atoms with E-state index in [1.807, 2.05) is 6.92 Å². The van der Waals surface area contributed by atoms with E-state index in [4.69, 9.17) is 4.74 Å². The number of nitrogens with zero attached hydrogens (tertiary/aromatic N) is 3. The molecule has 0 radical (unpaired) electrons. The highest BCUT2D eigenvalue weighted by atomic mass is 16.5. The zero-order valence-electron chi connectivity index (χ0n) is 15.6. The summed E-state index contributed by atoms with van der Waals surface area (Å²) in [6, 6.07) is 0.370. The average molecular weight is 339 g/mol. The fraction of sp³-hybridized carbons (Fsp3) is 0.765. The average Bonchev–Trinajstić information content (AvgIpc) is 2.56. The molecule has 2 N–H and O–H groups in total. The van der Waals surface area contributed by atoms with Crippen LogP contribution >= 0.6 is 0 Å². The summed E-state index contributed by atoms with van der Waals surface area (Å²) in [4.78, 5) is 20.1. The fourth-order valence-corrected chi connectivity index (χ4v) is 2.39. The highest BCUT2D eigenvalue weighted by Gasteiger charge is 2.19. The predicted molar refractivity (Wildman–Crippen MR) is 98.3 cm³/mol. The van der Waals surface area contributed by atoms with Crippen molar-refractivity contribution in [2.75, 3.05) is 60.5 Å². The van der Waals surface area contributed by atoms with Crippen LogP contribution in [-0.2, 0) is 9.53 Å². The summed E-state index contributed by atoms with van der Waals surface area (Å²) in [6.45, 7) is 10.5. The van der Waals surface area contributed by atoms with Crippen LogP contribution in [0.15, 0.2) is 17.1 Å². The van der Waals surface area contributed by atoms with Crippen molar-refractivity contribution in [2.45, 2.75) is 25.8 Å². The van der Waals surface area contributed by atoms with Gasteiger partial charge in [0.15, 0.2) is 5.96 Å². The summed E-state index contributed by atoms with van der Waals surface area (Å²) >= 11 is 0. The molecule has 1 aliphatic rings. The van der Waals surface area contributed by atoms with E-state index in [0.29, 0.717) is 18.5 Å². The number of likely N-dealkylation sites (tertiary alicyclic amines) is 1. The first-order chi connectivity index (χ1) is 11.4. The van der Waals surface area contributed by atoms with Crippen molar-refractivity contribution in [1.82, 2.24) is 20.4 Å². The first kappa shape index (κ1) is 20.4. The SMILES string of the molecule is C=C(C)CNC(=NCC(=O)N(C)C)NC1CCN(CCOC)CC1. The Bertz CT molecular complexity index is 429. The Kier molecular flexibility index (Phi) is 9.41. The van der Waals surface area contributed by atoms with Crippen molar-refractivity contribution in [3.05, 3.63) is 12.2 Å². The van der Waals surface area contributed by atoms with E-state index in [2.05, 4.69) is 27.1 Å². The van der Waals surface area contributed by atoms with Gasteiger partial charge in [0, 0.05) is 53.4 Å². The van der Waals surface area contributed by atoms with Gasteiger partial charge in [0.2, 0.25) is 5.91 Å². The third-order valence-electron chi connectivity index (χ3n) is 3.97. The molecule has 1 fully saturated rings. The third kappa shape index (κ3) is 8.31. The monoisotopic (exact) mass is 339 g/mol. The molecule has 138 valence electrons. The summed E-state index contributed by atoms with van der Waals surface area (Å²) in [5.74, 6) is 0.671. The van der Waals surface area contributed by atoms with Gasteiger partial charge in [-0.05, 0) is 19.8 Å². The summed E-state index contributed by atoms with van der Waals surface area (Å²) in [6.07, 6.45) is 2.11. The van der Waals surface area contributed by atoms with Crippen molar-refractivity contribution < 1.29 is 9.53 Å². The molecule has 1 rings (SSSR count). The Hall–Kier alpha value is -1.60. The number of likely N-dealkylation sites (N-methyl/N-ethyl adjacent to an activating group) is 1. The number of aliphatic imine (C=N–C) groups is 1. The smallest absolute Gasteiger partial charge is 0.243 e. The van der Waals surface area contributed by atoms with E-state index in [-0.39, 0.29) is 12.5 Å². The maximum atomic E-state index is 11.7. The molecule has 0 unspecified atom stereocenters. The van der Waals surface area contributed by atoms with Crippen LogP contribution in [0, 0.1) is 0 Å². The van der Waals surface area contributed by atoms with Crippen molar-refractivity contribution >= 4 is 11.9 Å². The van der Waals surface area contributed by atoms with Crippen molar-refractivity contribution in [1.29, 1.82) is 0 Å². The Labute approximate surface area is 146 Å². The standard InChI is InChI=1S/C17H33N5O2/c1-14(2)12-18-17(19-13-16(23)21(3)4)20-15-6-8-22(9-7-15)10-11-24-5/h15H,1,6-13H2,2-5H3,(H2,18,19,20). The maximum absolute atomic E-state index is 11.7. The number of hydrogen-bond acceptors (Lipinski definition) is 4. The minimum Gasteiger partial charge on any atom is -0.383 e. The molecule has 7 heteroatoms. The molecule has 1 amide bonds. The lowest BCUT2D eigenvalue weighted by Crippen LogP contribution is -2.49. The van der Waals surface area contributed by atoms with Crippen LogP contribution < -0.4 is 10.6 Å². The number of methoxy groups -OCH3 is 1. The number of amides is 1. The largest absolute Gasteiger partial charge is 0.383 e. The Balaban J connectivity index is 2.50. The highest BCUT2D eigenvalue weighted by Crippen LogP contribution is 2.09. The normalized spacial score (nSPS) is 16.8. The molecule has 0 aromatic carbocycles. The number of nitrogens with one attached hydrogen (secondary N) is 2. The van der Waals surface area contributed by atoms with E-state index in [9.17, 15) is 4.79 Å². The fourth-order valence-electron chi connectivity index (χ4n) is 2.39. The molecular weight excluding hydrogens is 306 g/mol. The Morgan fingerprint density at radius 3 is 2.58 bits per heavy atom. The maximum Gasteiger partial charge on any atom is 0.243 e. The van der Waals surface area contributed by atoms with Gasteiger partial charge in [-0.25, -0.2) is 4.99 Å². The third-order valence-corrected chi connectivity index (χ3v) is 3.97. The van der Waals surface area contributed by atoms with Crippen LogP contribution in [0.5, 0.6) is 0 Å². The Morgan fingerprint density at radius 1 is 1.38 bits per heavy atom. The van der Waals surface area contributed by atoms with Crippen LogP contribution in [0.25, 0.3) is 0 Å². The molecule has 0 atom stereocenters. The summed E-state index contributed by atoms with van der Waals surface area (Å²) < 4.78 is 5.13. The van der Waals surface area contributed by atoms with Crippen LogP contribution in [0.4, 0.5) is 0 Å². The molecule has 0 saturated carbocycles. The molecule has 0 spiro atoms. The molecule has 1 aliphatic heterocycles. The molecule has 0 bridgehead atoms. The van der Waals surface area contributed by atoms with Crippen LogP contribution in [0.2, 0.25) is 0 Å². The first-order valence-corrected chi connectivity index (χ1v) is 8.53. The summed E-state index contributed by atoms with van der Waals surface area (Å²) in [5, 5.41) is 6.69. The van der Waals surface area contributed by atoms with Crippen molar-refractivity contribution in [3.8, 4) is 0 Å². The number of hydrogen-bond donors (Lipinski definition) is 2. The molecule has 7 nitrogen and oxygen atoms in total. The van der Waals surface area contributed by atoms with Gasteiger partial charge in [-0.1, -0.05) is 12.2 Å². The second kappa shape index (κ2) is 11.0. The molecular formula is C17H33N5O2. The van der Waals surface area contributed by atoms with Gasteiger partial charge in [0.25, 0.3) is 0 Å². The van der Waals surface area contributed by atoms with E-state index < -0.39 is 0 Å².